The molecule has 3 rings (SSSR count). The van der Waals surface area contributed by atoms with Crippen LogP contribution in [0.2, 0.25) is 0 Å². The highest BCUT2D eigenvalue weighted by Crippen LogP contribution is 2.48. The highest BCUT2D eigenvalue weighted by Gasteiger charge is 2.42. The van der Waals surface area contributed by atoms with Crippen LogP contribution in [0.15, 0.2) is 9.59 Å². The first-order valence-corrected chi connectivity index (χ1v) is 8.70. The molecule has 0 aromatic carbocycles. The zero-order valence-electron chi connectivity index (χ0n) is 14.2. The number of hydrogen-bond acceptors (Lipinski definition) is 3. The molecule has 2 aromatic rings. The molecule has 1 fully saturated rings. The Kier molecular flexibility index (Phi) is 4.17. The minimum Gasteiger partial charge on any atom is -0.325 e. The van der Waals surface area contributed by atoms with Gasteiger partial charge in [-0.05, 0) is 31.6 Å². The molecule has 2 atom stereocenters. The van der Waals surface area contributed by atoms with Crippen LogP contribution in [0.1, 0.15) is 64.6 Å². The van der Waals surface area contributed by atoms with E-state index in [1.807, 2.05) is 11.6 Å². The third kappa shape index (κ3) is 2.64. The largest absolute Gasteiger partial charge is 0.327 e. The molecule has 0 radical (unpaired) electrons. The first-order chi connectivity index (χ1) is 11.0. The van der Waals surface area contributed by atoms with Gasteiger partial charge in [0.15, 0.2) is 11.2 Å². The summed E-state index contributed by atoms with van der Waals surface area (Å²) >= 11 is 0. The summed E-state index contributed by atoms with van der Waals surface area (Å²) in [5.74, 6) is 1.70. The number of aromatic nitrogens is 4. The number of nitrogens with one attached hydrogen (secondary N) is 2. The molecule has 6 nitrogen and oxygen atoms in total. The Morgan fingerprint density at radius 1 is 1.26 bits per heavy atom. The number of nitrogens with zero attached hydrogens (tertiary/aromatic N) is 2. The maximum absolute atomic E-state index is 12.1. The van der Waals surface area contributed by atoms with Crippen LogP contribution in [0.25, 0.3) is 11.2 Å². The van der Waals surface area contributed by atoms with Crippen molar-refractivity contribution in [2.45, 2.75) is 64.2 Å². The second-order valence-corrected chi connectivity index (χ2v) is 7.03. The van der Waals surface area contributed by atoms with Crippen LogP contribution in [0.4, 0.5) is 0 Å². The number of imidazole rings is 1. The van der Waals surface area contributed by atoms with Crippen LogP contribution in [-0.4, -0.2) is 19.5 Å². The van der Waals surface area contributed by atoms with Crippen LogP contribution in [0.5, 0.6) is 0 Å². The molecular formula is C17H26N4O2. The molecule has 0 amide bonds. The van der Waals surface area contributed by atoms with Crippen LogP contribution in [-0.2, 0) is 12.5 Å². The van der Waals surface area contributed by atoms with Crippen molar-refractivity contribution in [3.63, 3.8) is 0 Å². The Balaban J connectivity index is 2.13. The summed E-state index contributed by atoms with van der Waals surface area (Å²) in [4.78, 5) is 33.3. The lowest BCUT2D eigenvalue weighted by Gasteiger charge is -2.28. The summed E-state index contributed by atoms with van der Waals surface area (Å²) in [6.07, 6.45) is 8.11. The van der Waals surface area contributed by atoms with Crippen LogP contribution < -0.4 is 11.2 Å². The maximum Gasteiger partial charge on any atom is 0.327 e. The van der Waals surface area contributed by atoms with E-state index in [-0.39, 0.29) is 11.0 Å². The molecule has 2 heterocycles. The number of H-pyrrole nitrogens is 2. The van der Waals surface area contributed by atoms with Crippen molar-refractivity contribution in [3.05, 3.63) is 26.7 Å². The quantitative estimate of drug-likeness (QED) is 0.888. The maximum atomic E-state index is 12.1. The molecule has 23 heavy (non-hydrogen) atoms. The summed E-state index contributed by atoms with van der Waals surface area (Å²) in [5.41, 5.74) is 0.0532. The zero-order chi connectivity index (χ0) is 16.6. The smallest absolute Gasteiger partial charge is 0.325 e. The molecule has 0 bridgehead atoms. The fourth-order valence-electron chi connectivity index (χ4n) is 4.53. The van der Waals surface area contributed by atoms with Gasteiger partial charge in [-0.2, -0.15) is 0 Å². The van der Waals surface area contributed by atoms with Crippen molar-refractivity contribution in [1.82, 2.24) is 19.5 Å². The summed E-state index contributed by atoms with van der Waals surface area (Å²) in [7, 11) is 1.89. The topological polar surface area (TPSA) is 83.5 Å². The Labute approximate surface area is 135 Å². The Bertz CT molecular complexity index is 816. The fraction of sp³-hybridized carbons (Fsp3) is 0.706. The van der Waals surface area contributed by atoms with Gasteiger partial charge in [0.2, 0.25) is 0 Å². The van der Waals surface area contributed by atoms with Crippen molar-refractivity contribution < 1.29 is 0 Å². The van der Waals surface area contributed by atoms with Gasteiger partial charge in [0, 0.05) is 12.5 Å². The molecule has 2 aromatic heterocycles. The molecule has 2 N–H and O–H groups in total. The summed E-state index contributed by atoms with van der Waals surface area (Å²) < 4.78 is 1.90. The van der Waals surface area contributed by atoms with E-state index in [1.165, 1.54) is 19.3 Å². The Hall–Kier alpha value is -1.85. The summed E-state index contributed by atoms with van der Waals surface area (Å²) in [6.45, 7) is 4.44. The van der Waals surface area contributed by atoms with Gasteiger partial charge in [-0.15, -0.1) is 0 Å². The predicted octanol–water partition coefficient (Wildman–Crippen LogP) is 2.59. The van der Waals surface area contributed by atoms with Crippen molar-refractivity contribution in [3.8, 4) is 0 Å². The van der Waals surface area contributed by atoms with Crippen LogP contribution in [0, 0.1) is 5.92 Å². The number of rotatable bonds is 5. The van der Waals surface area contributed by atoms with E-state index >= 15 is 0 Å². The average Bonchev–Trinajstić information content (AvgIpc) is 3.02. The lowest BCUT2D eigenvalue weighted by Crippen LogP contribution is -2.27. The lowest BCUT2D eigenvalue weighted by atomic mass is 9.79. The third-order valence-electron chi connectivity index (χ3n) is 5.38. The highest BCUT2D eigenvalue weighted by atomic mass is 16.2. The molecular weight excluding hydrogens is 292 g/mol. The van der Waals surface area contributed by atoms with Gasteiger partial charge in [-0.25, -0.2) is 9.78 Å². The van der Waals surface area contributed by atoms with Crippen LogP contribution >= 0.6 is 0 Å². The van der Waals surface area contributed by atoms with Gasteiger partial charge in [0.05, 0.1) is 0 Å². The highest BCUT2D eigenvalue weighted by molar-refractivity contribution is 5.70. The first-order valence-electron chi connectivity index (χ1n) is 8.70. The number of aryl methyl sites for hydroxylation is 1. The number of hydrogen-bond donors (Lipinski definition) is 2. The molecule has 1 saturated carbocycles. The molecule has 2 unspecified atom stereocenters. The third-order valence-corrected chi connectivity index (χ3v) is 5.38. The van der Waals surface area contributed by atoms with E-state index in [9.17, 15) is 9.59 Å². The monoisotopic (exact) mass is 318 g/mol. The van der Waals surface area contributed by atoms with E-state index < -0.39 is 5.69 Å². The Morgan fingerprint density at radius 3 is 2.74 bits per heavy atom. The van der Waals surface area contributed by atoms with Gasteiger partial charge in [0.25, 0.3) is 5.56 Å². The van der Waals surface area contributed by atoms with Crippen molar-refractivity contribution in [2.24, 2.45) is 13.0 Å². The van der Waals surface area contributed by atoms with E-state index in [0.29, 0.717) is 11.2 Å². The number of aromatic amines is 2. The van der Waals surface area contributed by atoms with E-state index in [0.717, 1.165) is 37.4 Å². The molecule has 6 heteroatoms. The summed E-state index contributed by atoms with van der Waals surface area (Å²) in [6, 6.07) is 0. The van der Waals surface area contributed by atoms with Gasteiger partial charge in [0.1, 0.15) is 5.82 Å². The summed E-state index contributed by atoms with van der Waals surface area (Å²) in [5, 5.41) is 0. The minimum atomic E-state index is -0.494. The van der Waals surface area contributed by atoms with E-state index in [2.05, 4.69) is 28.8 Å². The molecule has 0 spiro atoms. The standard InChI is InChI=1S/C17H26N4O2/c1-4-6-11-7-9-17(10-11,8-5-2)15-18-13-12(21(15)3)14(22)20-16(23)19-13/h11H,4-10H2,1-3H3,(H2,19,20,22,23). The normalized spacial score (nSPS) is 24.6. The van der Waals surface area contributed by atoms with Gasteiger partial charge in [-0.1, -0.05) is 33.1 Å². The predicted molar refractivity (Wildman–Crippen MR) is 90.8 cm³/mol. The van der Waals surface area contributed by atoms with Gasteiger partial charge < -0.3 is 4.57 Å². The van der Waals surface area contributed by atoms with Crippen molar-refractivity contribution in [1.29, 1.82) is 0 Å². The van der Waals surface area contributed by atoms with Crippen molar-refractivity contribution >= 4 is 11.2 Å². The Morgan fingerprint density at radius 2 is 2.04 bits per heavy atom. The second-order valence-electron chi connectivity index (χ2n) is 7.03. The van der Waals surface area contributed by atoms with Crippen molar-refractivity contribution in [2.75, 3.05) is 0 Å². The molecule has 1 aliphatic rings. The van der Waals surface area contributed by atoms with Gasteiger partial charge >= 0.3 is 5.69 Å². The molecule has 0 saturated heterocycles. The first kappa shape index (κ1) is 16.0. The molecule has 1 aliphatic carbocycles. The zero-order valence-corrected chi connectivity index (χ0v) is 14.2. The molecule has 0 aliphatic heterocycles. The molecule has 126 valence electrons. The average molecular weight is 318 g/mol. The van der Waals surface area contributed by atoms with E-state index in [4.69, 9.17) is 0 Å². The minimum absolute atomic E-state index is 0.0334. The van der Waals surface area contributed by atoms with Gasteiger partial charge in [-0.3, -0.25) is 14.8 Å². The SMILES string of the molecule is CCCC1CCC(CCC)(c2nc3[nH]c(=O)[nH]c(=O)c3n2C)C1. The lowest BCUT2D eigenvalue weighted by molar-refractivity contribution is 0.346. The fourth-order valence-corrected chi connectivity index (χ4v) is 4.53. The van der Waals surface area contributed by atoms with Crippen LogP contribution in [0.3, 0.4) is 0 Å². The number of fused-ring (bicyclic) bond motifs is 1. The van der Waals surface area contributed by atoms with E-state index in [1.54, 1.807) is 0 Å². The second kappa shape index (κ2) is 5.98.